The van der Waals surface area contributed by atoms with Crippen molar-refractivity contribution in [3.05, 3.63) is 46.4 Å². The second-order valence-electron chi connectivity index (χ2n) is 7.92. The Labute approximate surface area is 171 Å². The fourth-order valence-corrected chi connectivity index (χ4v) is 4.24. The number of piperidine rings is 1. The molecular weight excluding hydrogens is 405 g/mol. The number of anilines is 2. The molecule has 5 nitrogen and oxygen atoms in total. The summed E-state index contributed by atoms with van der Waals surface area (Å²) in [5.74, 6) is 0.583. The molecule has 4 rings (SSSR count). The average Bonchev–Trinajstić information content (AvgIpc) is 2.63. The van der Waals surface area contributed by atoms with Crippen LogP contribution < -0.4 is 9.80 Å². The monoisotopic (exact) mass is 424 g/mol. The molecule has 2 aromatic heterocycles. The minimum atomic E-state index is -4.47. The number of alkyl halides is 3. The first kappa shape index (κ1) is 19.9. The van der Waals surface area contributed by atoms with Crippen LogP contribution in [0.5, 0.6) is 0 Å². The number of pyridine rings is 2. The molecule has 2 aliphatic heterocycles. The predicted molar refractivity (Wildman–Crippen MR) is 104 cm³/mol. The lowest BCUT2D eigenvalue weighted by atomic mass is 9.71. The Morgan fingerprint density at radius 3 is 2.55 bits per heavy atom. The summed E-state index contributed by atoms with van der Waals surface area (Å²) in [4.78, 5) is 24.2. The van der Waals surface area contributed by atoms with Gasteiger partial charge in [-0.2, -0.15) is 13.2 Å². The van der Waals surface area contributed by atoms with Gasteiger partial charge in [0.15, 0.2) is 0 Å². The quantitative estimate of drug-likeness (QED) is 0.717. The van der Waals surface area contributed by atoms with Crippen LogP contribution in [0.25, 0.3) is 0 Å². The number of aryl methyl sites for hydroxylation is 2. The third-order valence-corrected chi connectivity index (χ3v) is 6.28. The second kappa shape index (κ2) is 6.86. The molecular formula is C20H20ClF3N4O. The molecule has 0 atom stereocenters. The number of rotatable bonds is 2. The largest absolute Gasteiger partial charge is 0.433 e. The number of nitrogens with zero attached hydrogens (tertiary/aromatic N) is 4. The Balaban J connectivity index is 1.45. The third kappa shape index (κ3) is 3.66. The molecule has 0 radical (unpaired) electrons. The van der Waals surface area contributed by atoms with Crippen LogP contribution in [0.1, 0.15) is 29.8 Å². The van der Waals surface area contributed by atoms with E-state index in [1.54, 1.807) is 11.0 Å². The highest BCUT2D eigenvalue weighted by Crippen LogP contribution is 2.44. The zero-order valence-electron chi connectivity index (χ0n) is 16.1. The van der Waals surface area contributed by atoms with Gasteiger partial charge in [0.25, 0.3) is 0 Å². The topological polar surface area (TPSA) is 49.3 Å². The highest BCUT2D eigenvalue weighted by Gasteiger charge is 2.48. The van der Waals surface area contributed by atoms with Gasteiger partial charge in [0.05, 0.1) is 10.7 Å². The first-order chi connectivity index (χ1) is 13.6. The van der Waals surface area contributed by atoms with E-state index in [2.05, 4.69) is 9.97 Å². The maximum Gasteiger partial charge on any atom is 0.433 e. The van der Waals surface area contributed by atoms with E-state index in [-0.39, 0.29) is 11.3 Å². The van der Waals surface area contributed by atoms with Crippen molar-refractivity contribution in [2.24, 2.45) is 5.41 Å². The highest BCUT2D eigenvalue weighted by molar-refractivity contribution is 6.32. The Morgan fingerprint density at radius 1 is 1.21 bits per heavy atom. The first-order valence-corrected chi connectivity index (χ1v) is 9.68. The van der Waals surface area contributed by atoms with Crippen LogP contribution in [0.3, 0.4) is 0 Å². The first-order valence-electron chi connectivity index (χ1n) is 9.30. The van der Waals surface area contributed by atoms with Crippen LogP contribution in [0.15, 0.2) is 24.4 Å². The summed E-state index contributed by atoms with van der Waals surface area (Å²) in [5.41, 5.74) is 0.934. The van der Waals surface area contributed by atoms with Gasteiger partial charge in [-0.15, -0.1) is 0 Å². The van der Waals surface area contributed by atoms with Crippen LogP contribution in [0.2, 0.25) is 5.02 Å². The molecule has 4 heterocycles. The molecule has 2 fully saturated rings. The van der Waals surface area contributed by atoms with Crippen molar-refractivity contribution < 1.29 is 18.0 Å². The van der Waals surface area contributed by atoms with Gasteiger partial charge in [-0.05, 0) is 44.0 Å². The van der Waals surface area contributed by atoms with Crippen LogP contribution in [0.4, 0.5) is 24.7 Å². The van der Waals surface area contributed by atoms with E-state index < -0.39 is 11.9 Å². The van der Waals surface area contributed by atoms with Gasteiger partial charge in [-0.3, -0.25) is 14.7 Å². The molecule has 0 unspecified atom stereocenters. The number of carbonyl (C=O) groups is 1. The van der Waals surface area contributed by atoms with Gasteiger partial charge >= 0.3 is 6.18 Å². The molecule has 2 saturated heterocycles. The van der Waals surface area contributed by atoms with E-state index in [0.717, 1.165) is 18.1 Å². The maximum absolute atomic E-state index is 12.9. The van der Waals surface area contributed by atoms with Crippen molar-refractivity contribution >= 4 is 29.0 Å². The van der Waals surface area contributed by atoms with Crippen LogP contribution in [-0.2, 0) is 11.0 Å². The molecule has 9 heteroatoms. The van der Waals surface area contributed by atoms with E-state index in [4.69, 9.17) is 11.6 Å². The fraction of sp³-hybridized carbons (Fsp3) is 0.450. The van der Waals surface area contributed by atoms with E-state index in [9.17, 15) is 18.0 Å². The van der Waals surface area contributed by atoms with Crippen molar-refractivity contribution in [1.82, 2.24) is 9.97 Å². The lowest BCUT2D eigenvalue weighted by molar-refractivity contribution is -0.141. The van der Waals surface area contributed by atoms with E-state index in [1.165, 1.54) is 6.20 Å². The van der Waals surface area contributed by atoms with Crippen LogP contribution >= 0.6 is 11.6 Å². The van der Waals surface area contributed by atoms with Gasteiger partial charge in [-0.25, -0.2) is 4.98 Å². The Hall–Kier alpha value is -2.35. The molecule has 1 amide bonds. The zero-order valence-corrected chi connectivity index (χ0v) is 16.8. The molecule has 2 aliphatic rings. The molecule has 154 valence electrons. The predicted octanol–water partition coefficient (Wildman–Crippen LogP) is 4.40. The molecule has 0 saturated carbocycles. The Morgan fingerprint density at radius 2 is 1.93 bits per heavy atom. The van der Waals surface area contributed by atoms with Crippen LogP contribution in [-0.4, -0.2) is 35.5 Å². The Kier molecular flexibility index (Phi) is 4.72. The third-order valence-electron chi connectivity index (χ3n) is 5.71. The summed E-state index contributed by atoms with van der Waals surface area (Å²) in [6.07, 6.45) is -2.17. The fourth-order valence-electron chi connectivity index (χ4n) is 4.14. The maximum atomic E-state index is 12.9. The van der Waals surface area contributed by atoms with Gasteiger partial charge < -0.3 is 4.90 Å². The lowest BCUT2D eigenvalue weighted by Crippen LogP contribution is -2.62. The molecule has 1 spiro atoms. The zero-order chi connectivity index (χ0) is 21.0. The van der Waals surface area contributed by atoms with E-state index in [0.29, 0.717) is 48.3 Å². The standard InChI is InChI=1S/C20H20ClF3N4O/c1-12-7-16(26-13(2)18(12)21)28-6-4-19(9-17(28)29)10-27(11-19)14-3-5-25-15(8-14)20(22,23)24/h3,5,7-8H,4,6,9-11H2,1-2H3. The number of halogens is 4. The lowest BCUT2D eigenvalue weighted by Gasteiger charge is -2.54. The van der Waals surface area contributed by atoms with Crippen molar-refractivity contribution in [1.29, 1.82) is 0 Å². The minimum Gasteiger partial charge on any atom is -0.370 e. The average molecular weight is 425 g/mol. The number of hydrogen-bond acceptors (Lipinski definition) is 4. The SMILES string of the molecule is Cc1cc(N2CCC3(CC2=O)CN(c2ccnc(C(F)(F)F)c2)C3)nc(C)c1Cl. The normalized spacial score (nSPS) is 18.9. The summed E-state index contributed by atoms with van der Waals surface area (Å²) >= 11 is 6.17. The van der Waals surface area contributed by atoms with Crippen molar-refractivity contribution in [2.45, 2.75) is 32.9 Å². The summed E-state index contributed by atoms with van der Waals surface area (Å²) < 4.78 is 38.7. The van der Waals surface area contributed by atoms with Gasteiger partial charge in [-0.1, -0.05) is 11.6 Å². The molecule has 0 aromatic carbocycles. The van der Waals surface area contributed by atoms with Crippen molar-refractivity contribution in [2.75, 3.05) is 29.4 Å². The minimum absolute atomic E-state index is 0.0183. The smallest absolute Gasteiger partial charge is 0.370 e. The molecule has 2 aromatic rings. The molecule has 29 heavy (non-hydrogen) atoms. The summed E-state index contributed by atoms with van der Waals surface area (Å²) in [7, 11) is 0. The van der Waals surface area contributed by atoms with Gasteiger partial charge in [0.1, 0.15) is 11.5 Å². The van der Waals surface area contributed by atoms with Gasteiger partial charge in [0.2, 0.25) is 5.91 Å². The van der Waals surface area contributed by atoms with E-state index in [1.807, 2.05) is 24.8 Å². The number of aromatic nitrogens is 2. The summed E-state index contributed by atoms with van der Waals surface area (Å²) in [5, 5.41) is 0.597. The summed E-state index contributed by atoms with van der Waals surface area (Å²) in [6, 6.07) is 4.45. The van der Waals surface area contributed by atoms with Gasteiger partial charge in [0, 0.05) is 43.4 Å². The Bertz CT molecular complexity index is 949. The molecule has 0 aliphatic carbocycles. The molecule has 0 N–H and O–H groups in total. The van der Waals surface area contributed by atoms with Crippen molar-refractivity contribution in [3.63, 3.8) is 0 Å². The second-order valence-corrected chi connectivity index (χ2v) is 8.30. The summed E-state index contributed by atoms with van der Waals surface area (Å²) in [6.45, 7) is 5.33. The van der Waals surface area contributed by atoms with Crippen molar-refractivity contribution in [3.8, 4) is 0 Å². The molecule has 0 bridgehead atoms. The number of amides is 1. The number of hydrogen-bond donors (Lipinski definition) is 0. The highest BCUT2D eigenvalue weighted by atomic mass is 35.5. The number of carbonyl (C=O) groups excluding carboxylic acids is 1. The van der Waals surface area contributed by atoms with E-state index >= 15 is 0 Å². The van der Waals surface area contributed by atoms with Crippen LogP contribution in [0, 0.1) is 19.3 Å².